The molecule has 0 fully saturated rings. The summed E-state index contributed by atoms with van der Waals surface area (Å²) in [5.41, 5.74) is 3.68. The average Bonchev–Trinajstić information content (AvgIpc) is 2.63. The molecule has 2 amide bonds. The quantitative estimate of drug-likeness (QED) is 0.706. The van der Waals surface area contributed by atoms with Crippen molar-refractivity contribution in [2.75, 3.05) is 23.0 Å². The van der Waals surface area contributed by atoms with Gasteiger partial charge in [-0.2, -0.15) is 0 Å². The van der Waals surface area contributed by atoms with Gasteiger partial charge in [-0.3, -0.25) is 9.59 Å². The molecule has 2 aromatic carbocycles. The smallest absolute Gasteiger partial charge is 0.237 e. The molecule has 0 aliphatic carbocycles. The second-order valence-electron chi connectivity index (χ2n) is 6.27. The molecule has 0 aliphatic heterocycles. The van der Waals surface area contributed by atoms with Crippen molar-refractivity contribution in [1.29, 1.82) is 0 Å². The lowest BCUT2D eigenvalue weighted by Crippen LogP contribution is -2.25. The third kappa shape index (κ3) is 6.64. The predicted molar refractivity (Wildman–Crippen MR) is 113 cm³/mol. The normalized spacial score (nSPS) is 11.6. The molecule has 1 unspecified atom stereocenters. The molecule has 0 bridgehead atoms. The number of carbonyl (C=O) groups is 2. The first kappa shape index (κ1) is 20.8. The van der Waals surface area contributed by atoms with E-state index in [4.69, 9.17) is 4.74 Å². The lowest BCUT2D eigenvalue weighted by Gasteiger charge is -2.14. The average molecular weight is 387 g/mol. The second-order valence-corrected chi connectivity index (χ2v) is 7.60. The van der Waals surface area contributed by atoms with Crippen LogP contribution in [0, 0.1) is 13.8 Å². The molecule has 0 aliphatic rings. The van der Waals surface area contributed by atoms with Crippen LogP contribution in [0.1, 0.15) is 25.0 Å². The molecule has 144 valence electrons. The number of amides is 2. The van der Waals surface area contributed by atoms with Gasteiger partial charge < -0.3 is 15.4 Å². The van der Waals surface area contributed by atoms with E-state index in [9.17, 15) is 9.59 Å². The molecule has 6 heteroatoms. The number of aryl methyl sites for hydroxylation is 2. The van der Waals surface area contributed by atoms with E-state index in [0.29, 0.717) is 12.3 Å². The van der Waals surface area contributed by atoms with Gasteiger partial charge in [0.1, 0.15) is 5.75 Å². The van der Waals surface area contributed by atoms with Crippen molar-refractivity contribution < 1.29 is 14.3 Å². The number of carbonyl (C=O) groups excluding carboxylic acids is 2. The molecule has 0 aromatic heterocycles. The van der Waals surface area contributed by atoms with Gasteiger partial charge in [-0.15, -0.1) is 11.8 Å². The maximum absolute atomic E-state index is 12.3. The number of hydrogen-bond donors (Lipinski definition) is 2. The highest BCUT2D eigenvalue weighted by Crippen LogP contribution is 2.20. The summed E-state index contributed by atoms with van der Waals surface area (Å²) in [6, 6.07) is 13.1. The second kappa shape index (κ2) is 10.0. The van der Waals surface area contributed by atoms with Gasteiger partial charge in [-0.1, -0.05) is 17.7 Å². The van der Waals surface area contributed by atoms with Gasteiger partial charge in [-0.25, -0.2) is 0 Å². The van der Waals surface area contributed by atoms with Crippen molar-refractivity contribution in [3.05, 3.63) is 53.6 Å². The van der Waals surface area contributed by atoms with E-state index in [0.717, 1.165) is 22.6 Å². The maximum atomic E-state index is 12.3. The van der Waals surface area contributed by atoms with Crippen LogP contribution in [0.4, 0.5) is 11.4 Å². The SMILES string of the molecule is CCOc1ccc(NC(=O)CSC(C)C(=O)Nc2ccc(C)cc2C)cc1. The molecule has 5 nitrogen and oxygen atoms in total. The number of hydrogen-bond acceptors (Lipinski definition) is 4. The zero-order chi connectivity index (χ0) is 19.8. The zero-order valence-electron chi connectivity index (χ0n) is 16.2. The summed E-state index contributed by atoms with van der Waals surface area (Å²) in [5, 5.41) is 5.41. The molecule has 0 saturated carbocycles. The van der Waals surface area contributed by atoms with E-state index in [1.165, 1.54) is 11.8 Å². The van der Waals surface area contributed by atoms with Crippen LogP contribution in [0.15, 0.2) is 42.5 Å². The van der Waals surface area contributed by atoms with Crippen LogP contribution in [0.25, 0.3) is 0 Å². The Morgan fingerprint density at radius 1 is 1.07 bits per heavy atom. The molecule has 2 N–H and O–H groups in total. The molecule has 2 aromatic rings. The lowest BCUT2D eigenvalue weighted by molar-refractivity contribution is -0.115. The van der Waals surface area contributed by atoms with Crippen LogP contribution in [0.3, 0.4) is 0 Å². The monoisotopic (exact) mass is 386 g/mol. The first-order valence-electron chi connectivity index (χ1n) is 8.91. The highest BCUT2D eigenvalue weighted by atomic mass is 32.2. The van der Waals surface area contributed by atoms with E-state index in [1.54, 1.807) is 19.1 Å². The number of benzene rings is 2. The third-order valence-corrected chi connectivity index (χ3v) is 5.07. The molecule has 1 atom stereocenters. The van der Waals surface area contributed by atoms with Crippen molar-refractivity contribution in [2.24, 2.45) is 0 Å². The molecular formula is C21H26N2O3S. The van der Waals surface area contributed by atoms with E-state index in [1.807, 2.05) is 51.1 Å². The molecule has 0 radical (unpaired) electrons. The van der Waals surface area contributed by atoms with E-state index < -0.39 is 0 Å². The highest BCUT2D eigenvalue weighted by molar-refractivity contribution is 8.01. The van der Waals surface area contributed by atoms with Gasteiger partial charge in [0.2, 0.25) is 11.8 Å². The summed E-state index contributed by atoms with van der Waals surface area (Å²) < 4.78 is 5.37. The Balaban J connectivity index is 1.80. The minimum Gasteiger partial charge on any atom is -0.494 e. The highest BCUT2D eigenvalue weighted by Gasteiger charge is 2.16. The summed E-state index contributed by atoms with van der Waals surface area (Å²) in [4.78, 5) is 24.4. The molecule has 0 saturated heterocycles. The number of rotatable bonds is 8. The fourth-order valence-electron chi connectivity index (χ4n) is 2.46. The van der Waals surface area contributed by atoms with Crippen molar-refractivity contribution in [2.45, 2.75) is 32.9 Å². The first-order valence-corrected chi connectivity index (χ1v) is 9.96. The van der Waals surface area contributed by atoms with Gasteiger partial charge >= 0.3 is 0 Å². The summed E-state index contributed by atoms with van der Waals surface area (Å²) >= 11 is 1.30. The minimum absolute atomic E-state index is 0.110. The Hall–Kier alpha value is -2.47. The van der Waals surface area contributed by atoms with Gasteiger partial charge in [-0.05, 0) is 63.6 Å². The number of thioether (sulfide) groups is 1. The first-order chi connectivity index (χ1) is 12.9. The largest absolute Gasteiger partial charge is 0.494 e. The Morgan fingerprint density at radius 2 is 1.78 bits per heavy atom. The summed E-state index contributed by atoms with van der Waals surface area (Å²) in [7, 11) is 0. The van der Waals surface area contributed by atoms with Crippen LogP contribution >= 0.6 is 11.8 Å². The Morgan fingerprint density at radius 3 is 2.41 bits per heavy atom. The van der Waals surface area contributed by atoms with Crippen LogP contribution in [0.5, 0.6) is 5.75 Å². The molecule has 2 rings (SSSR count). The summed E-state index contributed by atoms with van der Waals surface area (Å²) in [6.45, 7) is 8.30. The van der Waals surface area contributed by atoms with Crippen molar-refractivity contribution in [3.8, 4) is 5.75 Å². The summed E-state index contributed by atoms with van der Waals surface area (Å²) in [6.07, 6.45) is 0. The zero-order valence-corrected chi connectivity index (χ0v) is 17.0. The van der Waals surface area contributed by atoms with Gasteiger partial charge in [0.15, 0.2) is 0 Å². The minimum atomic E-state index is -0.336. The molecule has 27 heavy (non-hydrogen) atoms. The van der Waals surface area contributed by atoms with Crippen molar-refractivity contribution >= 4 is 35.0 Å². The van der Waals surface area contributed by atoms with Crippen molar-refractivity contribution in [3.63, 3.8) is 0 Å². The van der Waals surface area contributed by atoms with Crippen LogP contribution < -0.4 is 15.4 Å². The van der Waals surface area contributed by atoms with Gasteiger partial charge in [0, 0.05) is 11.4 Å². The van der Waals surface area contributed by atoms with Crippen LogP contribution in [-0.2, 0) is 9.59 Å². The fraction of sp³-hybridized carbons (Fsp3) is 0.333. The van der Waals surface area contributed by atoms with Gasteiger partial charge in [0.05, 0.1) is 17.6 Å². The Labute approximate surface area is 164 Å². The number of ether oxygens (including phenoxy) is 1. The lowest BCUT2D eigenvalue weighted by atomic mass is 10.1. The molecule has 0 spiro atoms. The number of anilines is 2. The van der Waals surface area contributed by atoms with E-state index in [2.05, 4.69) is 10.6 Å². The third-order valence-electron chi connectivity index (χ3n) is 3.92. The fourth-order valence-corrected chi connectivity index (χ4v) is 3.15. The Bertz CT molecular complexity index is 791. The molecular weight excluding hydrogens is 360 g/mol. The number of nitrogens with one attached hydrogen (secondary N) is 2. The van der Waals surface area contributed by atoms with Crippen LogP contribution in [0.2, 0.25) is 0 Å². The van der Waals surface area contributed by atoms with Crippen LogP contribution in [-0.4, -0.2) is 29.4 Å². The van der Waals surface area contributed by atoms with E-state index >= 15 is 0 Å². The predicted octanol–water partition coefficient (Wildman–Crippen LogP) is 4.40. The van der Waals surface area contributed by atoms with E-state index in [-0.39, 0.29) is 22.8 Å². The Kier molecular flexibility index (Phi) is 7.73. The standard InChI is InChI=1S/C21H26N2O3S/c1-5-26-18-9-7-17(8-10-18)22-20(24)13-27-16(4)21(25)23-19-11-6-14(2)12-15(19)3/h6-12,16H,5,13H2,1-4H3,(H,22,24)(H,23,25). The summed E-state index contributed by atoms with van der Waals surface area (Å²) in [5.74, 6) is 0.715. The maximum Gasteiger partial charge on any atom is 0.237 e. The molecule has 0 heterocycles. The van der Waals surface area contributed by atoms with Gasteiger partial charge in [0.25, 0.3) is 0 Å². The topological polar surface area (TPSA) is 67.4 Å². The van der Waals surface area contributed by atoms with Crippen molar-refractivity contribution in [1.82, 2.24) is 0 Å².